The van der Waals surface area contributed by atoms with E-state index in [2.05, 4.69) is 59.8 Å². The molecule has 108 valence electrons. The molecule has 2 aromatic heterocycles. The zero-order valence-electron chi connectivity index (χ0n) is 12.2. The quantitative estimate of drug-likeness (QED) is 0.641. The molecule has 0 amide bonds. The minimum absolute atomic E-state index is 0.331. The highest BCUT2D eigenvalue weighted by molar-refractivity contribution is 7.71. The van der Waals surface area contributed by atoms with Gasteiger partial charge in [-0.05, 0) is 43.8 Å². The first-order valence-electron chi connectivity index (χ1n) is 7.06. The van der Waals surface area contributed by atoms with E-state index in [1.54, 1.807) is 0 Å². The summed E-state index contributed by atoms with van der Waals surface area (Å²) >= 11 is 7.34. The van der Waals surface area contributed by atoms with Gasteiger partial charge < -0.3 is 9.55 Å². The Labute approximate surface area is 134 Å². The molecule has 0 radical (unpaired) electrons. The number of H-pyrrole nitrogens is 1. The molecule has 0 aliphatic heterocycles. The summed E-state index contributed by atoms with van der Waals surface area (Å²) < 4.78 is 3.01. The highest BCUT2D eigenvalue weighted by Crippen LogP contribution is 2.27. The van der Waals surface area contributed by atoms with E-state index in [1.807, 2.05) is 23.6 Å². The fourth-order valence-corrected chi connectivity index (χ4v) is 3.97. The Balaban J connectivity index is 1.95. The number of rotatable bonds is 4. The normalized spacial score (nSPS) is 12.5. The molecular formula is C17H18N2S2. The summed E-state index contributed by atoms with van der Waals surface area (Å²) in [5, 5.41) is 0. The van der Waals surface area contributed by atoms with E-state index in [-0.39, 0.29) is 0 Å². The monoisotopic (exact) mass is 314 g/mol. The SMILES string of the molecule is Cc1ccc(CC(C)n2c(-c3ccccc3)c[nH]c2=S)s1. The van der Waals surface area contributed by atoms with Crippen molar-refractivity contribution in [2.45, 2.75) is 26.3 Å². The molecule has 0 aliphatic carbocycles. The average molecular weight is 314 g/mol. The maximum Gasteiger partial charge on any atom is 0.177 e. The van der Waals surface area contributed by atoms with Crippen LogP contribution >= 0.6 is 23.6 Å². The van der Waals surface area contributed by atoms with E-state index >= 15 is 0 Å². The third-order valence-electron chi connectivity index (χ3n) is 3.61. The van der Waals surface area contributed by atoms with Crippen LogP contribution < -0.4 is 0 Å². The van der Waals surface area contributed by atoms with Gasteiger partial charge in [0, 0.05) is 28.4 Å². The summed E-state index contributed by atoms with van der Waals surface area (Å²) in [4.78, 5) is 5.95. The van der Waals surface area contributed by atoms with Crippen molar-refractivity contribution >= 4 is 23.6 Å². The van der Waals surface area contributed by atoms with Crippen LogP contribution in [0.3, 0.4) is 0 Å². The van der Waals surface area contributed by atoms with Gasteiger partial charge in [-0.1, -0.05) is 30.3 Å². The molecule has 0 aliphatic rings. The van der Waals surface area contributed by atoms with Gasteiger partial charge in [0.1, 0.15) is 0 Å². The minimum atomic E-state index is 0.331. The number of hydrogen-bond donors (Lipinski definition) is 1. The van der Waals surface area contributed by atoms with Crippen LogP contribution in [0.4, 0.5) is 0 Å². The standard InChI is InChI=1S/C17H18N2S2/c1-12(10-15-9-8-13(2)21-15)19-16(11-18-17(19)20)14-6-4-3-5-7-14/h3-9,11-12H,10H2,1-2H3,(H,18,20). The molecule has 4 heteroatoms. The van der Waals surface area contributed by atoms with Crippen LogP contribution in [-0.4, -0.2) is 9.55 Å². The topological polar surface area (TPSA) is 20.7 Å². The summed E-state index contributed by atoms with van der Waals surface area (Å²) in [6.45, 7) is 4.38. The Morgan fingerprint density at radius 1 is 1.19 bits per heavy atom. The third kappa shape index (κ3) is 3.01. The van der Waals surface area contributed by atoms with Gasteiger partial charge in [0.25, 0.3) is 0 Å². The second kappa shape index (κ2) is 6.00. The fourth-order valence-electron chi connectivity index (χ4n) is 2.62. The molecule has 21 heavy (non-hydrogen) atoms. The number of aromatic nitrogens is 2. The molecule has 1 aromatic carbocycles. The number of hydrogen-bond acceptors (Lipinski definition) is 2. The molecule has 0 spiro atoms. The number of imidazole rings is 1. The van der Waals surface area contributed by atoms with Crippen molar-refractivity contribution < 1.29 is 0 Å². The van der Waals surface area contributed by atoms with Crippen molar-refractivity contribution in [2.75, 3.05) is 0 Å². The second-order valence-corrected chi connectivity index (χ2v) is 7.04. The van der Waals surface area contributed by atoms with E-state index in [0.29, 0.717) is 6.04 Å². The molecule has 0 saturated carbocycles. The molecule has 2 heterocycles. The lowest BCUT2D eigenvalue weighted by Gasteiger charge is -2.16. The van der Waals surface area contributed by atoms with E-state index in [0.717, 1.165) is 16.9 Å². The zero-order chi connectivity index (χ0) is 14.8. The van der Waals surface area contributed by atoms with Crippen molar-refractivity contribution in [1.29, 1.82) is 0 Å². The van der Waals surface area contributed by atoms with Crippen molar-refractivity contribution in [2.24, 2.45) is 0 Å². The lowest BCUT2D eigenvalue weighted by Crippen LogP contribution is -2.09. The summed E-state index contributed by atoms with van der Waals surface area (Å²) in [7, 11) is 0. The van der Waals surface area contributed by atoms with Gasteiger partial charge in [-0.3, -0.25) is 0 Å². The lowest BCUT2D eigenvalue weighted by molar-refractivity contribution is 0.547. The van der Waals surface area contributed by atoms with E-state index in [4.69, 9.17) is 12.2 Å². The van der Waals surface area contributed by atoms with Crippen LogP contribution in [0, 0.1) is 11.7 Å². The van der Waals surface area contributed by atoms with Crippen molar-refractivity contribution in [3.8, 4) is 11.3 Å². The van der Waals surface area contributed by atoms with Gasteiger partial charge >= 0.3 is 0 Å². The maximum absolute atomic E-state index is 5.48. The van der Waals surface area contributed by atoms with Crippen LogP contribution in [-0.2, 0) is 6.42 Å². The Morgan fingerprint density at radius 3 is 2.62 bits per heavy atom. The van der Waals surface area contributed by atoms with Gasteiger partial charge in [-0.15, -0.1) is 11.3 Å². The number of aryl methyl sites for hydroxylation is 1. The van der Waals surface area contributed by atoms with Gasteiger partial charge in [-0.25, -0.2) is 0 Å². The number of aromatic amines is 1. The molecule has 1 atom stereocenters. The molecule has 0 fully saturated rings. The Morgan fingerprint density at radius 2 is 1.95 bits per heavy atom. The van der Waals surface area contributed by atoms with Gasteiger partial charge in [0.05, 0.1) is 5.69 Å². The Kier molecular flexibility index (Phi) is 4.08. The minimum Gasteiger partial charge on any atom is -0.337 e. The molecule has 2 nitrogen and oxygen atoms in total. The second-order valence-electron chi connectivity index (χ2n) is 5.28. The van der Waals surface area contributed by atoms with Crippen LogP contribution in [0.5, 0.6) is 0 Å². The number of thiophene rings is 1. The van der Waals surface area contributed by atoms with Crippen molar-refractivity contribution in [3.05, 3.63) is 63.2 Å². The first kappa shape index (κ1) is 14.3. The molecule has 0 saturated heterocycles. The zero-order valence-corrected chi connectivity index (χ0v) is 13.8. The molecular weight excluding hydrogens is 296 g/mol. The van der Waals surface area contributed by atoms with Crippen molar-refractivity contribution in [1.82, 2.24) is 9.55 Å². The van der Waals surface area contributed by atoms with Crippen LogP contribution in [0.1, 0.15) is 22.7 Å². The van der Waals surface area contributed by atoms with E-state index in [1.165, 1.54) is 15.3 Å². The highest BCUT2D eigenvalue weighted by Gasteiger charge is 2.14. The number of nitrogens with zero attached hydrogens (tertiary/aromatic N) is 1. The van der Waals surface area contributed by atoms with E-state index in [9.17, 15) is 0 Å². The van der Waals surface area contributed by atoms with Gasteiger partial charge in [-0.2, -0.15) is 0 Å². The predicted molar refractivity (Wildman–Crippen MR) is 92.5 cm³/mol. The summed E-state index contributed by atoms with van der Waals surface area (Å²) in [5.41, 5.74) is 2.35. The largest absolute Gasteiger partial charge is 0.337 e. The van der Waals surface area contributed by atoms with Gasteiger partial charge in [0.15, 0.2) is 4.77 Å². The molecule has 3 rings (SSSR count). The first-order valence-corrected chi connectivity index (χ1v) is 8.28. The Bertz CT molecular complexity index is 780. The van der Waals surface area contributed by atoms with Crippen LogP contribution in [0.15, 0.2) is 48.7 Å². The smallest absolute Gasteiger partial charge is 0.177 e. The number of benzene rings is 1. The maximum atomic E-state index is 5.48. The van der Waals surface area contributed by atoms with Gasteiger partial charge in [0.2, 0.25) is 0 Å². The van der Waals surface area contributed by atoms with Crippen LogP contribution in [0.25, 0.3) is 11.3 Å². The summed E-state index contributed by atoms with van der Waals surface area (Å²) in [6, 6.07) is 15.1. The summed E-state index contributed by atoms with van der Waals surface area (Å²) in [6.07, 6.45) is 3.01. The molecule has 3 aromatic rings. The van der Waals surface area contributed by atoms with Crippen LogP contribution in [0.2, 0.25) is 0 Å². The van der Waals surface area contributed by atoms with Crippen molar-refractivity contribution in [3.63, 3.8) is 0 Å². The molecule has 0 bridgehead atoms. The first-order chi connectivity index (χ1) is 10.1. The highest BCUT2D eigenvalue weighted by atomic mass is 32.1. The Hall–Kier alpha value is -1.65. The molecule has 1 N–H and O–H groups in total. The fraction of sp³-hybridized carbons (Fsp3) is 0.235. The molecule has 1 unspecified atom stereocenters. The summed E-state index contributed by atoms with van der Waals surface area (Å²) in [5.74, 6) is 0. The number of nitrogens with one attached hydrogen (secondary N) is 1. The predicted octanol–water partition coefficient (Wildman–Crippen LogP) is 5.39. The van der Waals surface area contributed by atoms with E-state index < -0.39 is 0 Å². The third-order valence-corrected chi connectivity index (χ3v) is 4.95. The average Bonchev–Trinajstić information content (AvgIpc) is 3.06. The lowest BCUT2D eigenvalue weighted by atomic mass is 10.1.